The molecule has 13 nitrogen and oxygen atoms in total. The van der Waals surface area contributed by atoms with E-state index < -0.39 is 11.6 Å². The van der Waals surface area contributed by atoms with Crippen molar-refractivity contribution in [3.63, 3.8) is 0 Å². The zero-order valence-corrected chi connectivity index (χ0v) is 27.3. The average Bonchev–Trinajstić information content (AvgIpc) is 3.80. The predicted molar refractivity (Wildman–Crippen MR) is 182 cm³/mol. The highest BCUT2D eigenvalue weighted by Gasteiger charge is 2.55. The molecule has 0 bridgehead atoms. The summed E-state index contributed by atoms with van der Waals surface area (Å²) >= 11 is 6.15. The van der Waals surface area contributed by atoms with Crippen molar-refractivity contribution in [1.82, 2.24) is 35.2 Å². The van der Waals surface area contributed by atoms with Crippen molar-refractivity contribution in [3.05, 3.63) is 67.6 Å². The number of anilines is 1. The van der Waals surface area contributed by atoms with Crippen molar-refractivity contribution >= 4 is 39.5 Å². The Kier molecular flexibility index (Phi) is 10.2. The molecule has 4 aromatic rings. The first-order chi connectivity index (χ1) is 21.0. The number of hydrogen-bond donors (Lipinski definition) is 2. The summed E-state index contributed by atoms with van der Waals surface area (Å²) in [6, 6.07) is 4.22. The van der Waals surface area contributed by atoms with E-state index in [2.05, 4.69) is 42.2 Å². The maximum Gasteiger partial charge on any atom is 0.163 e. The van der Waals surface area contributed by atoms with E-state index in [0.29, 0.717) is 11.0 Å². The first kappa shape index (κ1) is 36.4. The van der Waals surface area contributed by atoms with Gasteiger partial charge < -0.3 is 45.4 Å². The number of halogens is 1. The Balaban J connectivity index is 0.000000200. The number of nitrogen functional groups attached to an aromatic ring is 1. The van der Waals surface area contributed by atoms with E-state index in [4.69, 9.17) is 36.3 Å². The fourth-order valence-corrected chi connectivity index (χ4v) is 7.65. The van der Waals surface area contributed by atoms with E-state index >= 15 is 0 Å². The lowest BCUT2D eigenvalue weighted by molar-refractivity contribution is -0.158. The highest BCUT2D eigenvalue weighted by molar-refractivity contribution is 6.33. The van der Waals surface area contributed by atoms with Crippen LogP contribution in [0.2, 0.25) is 5.15 Å². The zero-order valence-electron chi connectivity index (χ0n) is 26.5. The van der Waals surface area contributed by atoms with Gasteiger partial charge in [0.2, 0.25) is 0 Å². The van der Waals surface area contributed by atoms with Crippen LogP contribution in [0.4, 0.5) is 5.82 Å². The van der Waals surface area contributed by atoms with Crippen LogP contribution in [-0.2, 0) is 18.9 Å². The second kappa shape index (κ2) is 13.2. The van der Waals surface area contributed by atoms with Crippen LogP contribution < -0.4 is 11.9 Å². The molecule has 2 aliphatic heterocycles. The van der Waals surface area contributed by atoms with Gasteiger partial charge in [-0.25, -0.2) is 19.9 Å². The minimum absolute atomic E-state index is 0. The van der Waals surface area contributed by atoms with Crippen molar-refractivity contribution in [1.29, 1.82) is 0 Å². The minimum atomic E-state index is -0.565. The molecule has 8 atom stereocenters. The molecule has 8 rings (SSSR count). The molecule has 2 saturated carbocycles. The van der Waals surface area contributed by atoms with Crippen molar-refractivity contribution in [2.45, 2.75) is 96.0 Å². The second-order valence-electron chi connectivity index (χ2n) is 12.9. The third-order valence-electron chi connectivity index (χ3n) is 9.28. The third kappa shape index (κ3) is 6.17. The zero-order chi connectivity index (χ0) is 31.0. The lowest BCUT2D eigenvalue weighted by Crippen LogP contribution is -2.27. The van der Waals surface area contributed by atoms with Crippen LogP contribution in [0.5, 0.6) is 0 Å². The largest absolute Gasteiger partial charge is 0.412 e. The SMILES string of the molecule is C.C=C[C@H]1C[C@@H](n2ccc3c(Cl)ncnc32)[C@@H]2OC(C)(C)O[C@@H]21.C=C[C@H]1C[C@@H](n2ccc3c(N)ncnc32)[C@@H]2OC(C)(C)O[C@@H]21.N.O. The molecule has 2 aliphatic carbocycles. The Bertz CT molecular complexity index is 1610. The van der Waals surface area contributed by atoms with Crippen LogP contribution >= 0.6 is 11.6 Å². The highest BCUT2D eigenvalue weighted by Crippen LogP contribution is 2.49. The van der Waals surface area contributed by atoms with Crippen molar-refractivity contribution < 1.29 is 24.4 Å². The molecule has 0 aromatic carbocycles. The van der Waals surface area contributed by atoms with Crippen molar-refractivity contribution in [2.24, 2.45) is 11.8 Å². The van der Waals surface area contributed by atoms with E-state index in [0.717, 1.165) is 34.9 Å². The fraction of sp³-hybridized carbons (Fsp3) is 0.515. The summed E-state index contributed by atoms with van der Waals surface area (Å²) in [7, 11) is 0. The van der Waals surface area contributed by atoms with Crippen LogP contribution in [-0.4, -0.2) is 70.5 Å². The summed E-state index contributed by atoms with van der Waals surface area (Å²) in [4.78, 5) is 16.9. The number of rotatable bonds is 4. The van der Waals surface area contributed by atoms with Crippen LogP contribution in [0.25, 0.3) is 22.1 Å². The van der Waals surface area contributed by atoms with E-state index in [1.807, 2.05) is 64.4 Å². The molecule has 2 saturated heterocycles. The molecule has 0 amide bonds. The summed E-state index contributed by atoms with van der Waals surface area (Å²) < 4.78 is 28.7. The van der Waals surface area contributed by atoms with Crippen LogP contribution in [0, 0.1) is 11.8 Å². The summed E-state index contributed by atoms with van der Waals surface area (Å²) in [6.07, 6.45) is 12.8. The Morgan fingerprint density at radius 1 is 0.766 bits per heavy atom. The molecule has 4 aliphatic rings. The molecule has 4 fully saturated rings. The van der Waals surface area contributed by atoms with Gasteiger partial charge in [-0.2, -0.15) is 0 Å². The van der Waals surface area contributed by atoms with Gasteiger partial charge in [0.05, 0.1) is 35.1 Å². The third-order valence-corrected chi connectivity index (χ3v) is 9.58. The number of fused-ring (bicyclic) bond motifs is 4. The van der Waals surface area contributed by atoms with Crippen LogP contribution in [0.15, 0.2) is 62.5 Å². The molecule has 7 N–H and O–H groups in total. The number of nitrogens with two attached hydrogens (primary N) is 1. The van der Waals surface area contributed by atoms with Crippen molar-refractivity contribution in [2.75, 3.05) is 5.73 Å². The molecular formula is C33H47ClN8O5. The van der Waals surface area contributed by atoms with Crippen LogP contribution in [0.3, 0.4) is 0 Å². The Hall–Kier alpha value is -3.43. The average molecular weight is 671 g/mol. The molecule has 256 valence electrons. The normalized spacial score (nSPS) is 31.1. The van der Waals surface area contributed by atoms with Gasteiger partial charge in [0.25, 0.3) is 0 Å². The maximum absolute atomic E-state index is 6.15. The molecular weight excluding hydrogens is 624 g/mol. The Labute approximate surface area is 280 Å². The summed E-state index contributed by atoms with van der Waals surface area (Å²) in [6.45, 7) is 15.7. The number of hydrogen-bond acceptors (Lipinski definition) is 10. The van der Waals surface area contributed by atoms with Gasteiger partial charge in [-0.05, 0) is 52.7 Å². The van der Waals surface area contributed by atoms with Gasteiger partial charge in [-0.3, -0.25) is 0 Å². The molecule has 6 heterocycles. The lowest BCUT2D eigenvalue weighted by Gasteiger charge is -2.24. The Morgan fingerprint density at radius 2 is 1.19 bits per heavy atom. The van der Waals surface area contributed by atoms with Gasteiger partial charge in [-0.1, -0.05) is 31.2 Å². The highest BCUT2D eigenvalue weighted by atomic mass is 35.5. The molecule has 0 radical (unpaired) electrons. The van der Waals surface area contributed by atoms with E-state index in [9.17, 15) is 0 Å². The Morgan fingerprint density at radius 3 is 1.68 bits per heavy atom. The first-order valence-corrected chi connectivity index (χ1v) is 15.4. The molecule has 0 unspecified atom stereocenters. The van der Waals surface area contributed by atoms with Gasteiger partial charge in [-0.15, -0.1) is 13.2 Å². The fourth-order valence-electron chi connectivity index (χ4n) is 7.46. The van der Waals surface area contributed by atoms with Gasteiger partial charge in [0.1, 0.15) is 47.1 Å². The van der Waals surface area contributed by atoms with Crippen molar-refractivity contribution in [3.8, 4) is 0 Å². The monoisotopic (exact) mass is 670 g/mol. The van der Waals surface area contributed by atoms with E-state index in [1.165, 1.54) is 12.7 Å². The lowest BCUT2D eigenvalue weighted by atomic mass is 10.1. The summed E-state index contributed by atoms with van der Waals surface area (Å²) in [5.74, 6) is -0.0840. The van der Waals surface area contributed by atoms with Gasteiger partial charge in [0, 0.05) is 24.2 Å². The number of nitrogens with zero attached hydrogens (tertiary/aromatic N) is 6. The maximum atomic E-state index is 6.15. The topological polar surface area (TPSA) is 191 Å². The molecule has 14 heteroatoms. The number of aromatic nitrogens is 6. The predicted octanol–water partition coefficient (Wildman–Crippen LogP) is 5.61. The smallest absolute Gasteiger partial charge is 0.163 e. The molecule has 47 heavy (non-hydrogen) atoms. The quantitative estimate of drug-likeness (QED) is 0.204. The van der Waals surface area contributed by atoms with Gasteiger partial charge >= 0.3 is 0 Å². The minimum Gasteiger partial charge on any atom is -0.412 e. The molecule has 0 spiro atoms. The van der Waals surface area contributed by atoms with E-state index in [-0.39, 0.29) is 67.4 Å². The summed E-state index contributed by atoms with van der Waals surface area (Å²) in [5.41, 5.74) is 7.61. The first-order valence-electron chi connectivity index (χ1n) is 15.0. The standard InChI is InChI=1S/C16H18ClN3O2.C16H20N4O2.CH4.H3N.H2O/c2*1-4-9-7-11(13-12(9)21-16(2,3)22-13)20-6-5-10-14(17)18-8-19-15(10)20;;;/h4-6,8-9,11-13H,1,7H2,2-3H3;4-6,8-9,11-13H,1,7H2,2-3H3,(H2,17,18,19);1H4;1H3;1H2/t2*9-,11+,12+,13-;;;/m00.../s1. The second-order valence-corrected chi connectivity index (χ2v) is 13.2. The summed E-state index contributed by atoms with van der Waals surface area (Å²) in [5, 5.41) is 2.21. The molecule has 4 aromatic heterocycles. The van der Waals surface area contributed by atoms with Crippen LogP contribution in [0.1, 0.15) is 60.0 Å². The van der Waals surface area contributed by atoms with Gasteiger partial charge in [0.15, 0.2) is 11.6 Å². The van der Waals surface area contributed by atoms with E-state index in [1.54, 1.807) is 0 Å². The number of ether oxygens (including phenoxy) is 4.